The maximum atomic E-state index is 13.5. The van der Waals surface area contributed by atoms with Gasteiger partial charge in [-0.25, -0.2) is 18.7 Å². The van der Waals surface area contributed by atoms with Crippen LogP contribution >= 0.6 is 0 Å². The monoisotopic (exact) mass is 638 g/mol. The Morgan fingerprint density at radius 1 is 1.06 bits per heavy atom. The zero-order valence-corrected chi connectivity index (χ0v) is 27.0. The van der Waals surface area contributed by atoms with Gasteiger partial charge in [0, 0.05) is 23.0 Å². The first kappa shape index (κ1) is 32.0. The largest absolute Gasteiger partial charge is 0.488 e. The summed E-state index contributed by atoms with van der Waals surface area (Å²) in [4.78, 5) is 50.8. The van der Waals surface area contributed by atoms with Gasteiger partial charge < -0.3 is 14.4 Å². The number of benzene rings is 2. The molecule has 1 aliphatic carbocycles. The number of β-lactam (4-membered cyclic amide) rings is 1. The van der Waals surface area contributed by atoms with Gasteiger partial charge in [0.05, 0.1) is 31.5 Å². The van der Waals surface area contributed by atoms with Crippen LogP contribution in [0.25, 0.3) is 11.1 Å². The number of hydrogen-bond acceptors (Lipinski definition) is 7. The molecule has 5 atom stereocenters. The number of rotatable bonds is 14. The van der Waals surface area contributed by atoms with Crippen LogP contribution in [0.5, 0.6) is 5.75 Å². The van der Waals surface area contributed by atoms with E-state index in [1.54, 1.807) is 6.92 Å². The number of carbonyl (C=O) groups is 3. The number of esters is 1. The minimum atomic E-state index is -0.790. The minimum Gasteiger partial charge on any atom is -0.488 e. The van der Waals surface area contributed by atoms with Crippen LogP contribution in [0.15, 0.2) is 97.8 Å². The Bertz CT molecular complexity index is 1760. The molecule has 0 saturated carbocycles. The number of imidazole rings is 1. The van der Waals surface area contributed by atoms with Gasteiger partial charge in [0.15, 0.2) is 0 Å². The van der Waals surface area contributed by atoms with Crippen molar-refractivity contribution in [1.82, 2.24) is 9.47 Å². The summed E-state index contributed by atoms with van der Waals surface area (Å²) in [5, 5.41) is 0. The Morgan fingerprint density at radius 2 is 1.83 bits per heavy atom. The van der Waals surface area contributed by atoms with Gasteiger partial charge >= 0.3 is 11.9 Å². The molecule has 1 saturated heterocycles. The molecule has 10 heteroatoms. The summed E-state index contributed by atoms with van der Waals surface area (Å²) in [7, 11) is 2.01. The van der Waals surface area contributed by atoms with Gasteiger partial charge in [-0.3, -0.25) is 9.68 Å². The van der Waals surface area contributed by atoms with E-state index in [0.717, 1.165) is 24.1 Å². The van der Waals surface area contributed by atoms with E-state index in [0.29, 0.717) is 11.3 Å². The van der Waals surface area contributed by atoms with Crippen LogP contribution in [0, 0.1) is 17.8 Å². The molecular formula is C37H40N3O7+. The number of ether oxygens (including phenoxy) is 2. The first-order valence-electron chi connectivity index (χ1n) is 15.9. The number of nitrogens with zero attached hydrogens (tertiary/aromatic N) is 3. The molecule has 0 bridgehead atoms. The second kappa shape index (κ2) is 13.4. The molecule has 3 aliphatic rings. The van der Waals surface area contributed by atoms with Gasteiger partial charge in [-0.2, -0.15) is 4.89 Å². The highest BCUT2D eigenvalue weighted by molar-refractivity contribution is 6.02. The number of amides is 1. The fourth-order valence-electron chi connectivity index (χ4n) is 7.23. The molecule has 0 radical (unpaired) electrons. The number of fused-ring (bicyclic) bond motifs is 4. The lowest BCUT2D eigenvalue weighted by molar-refractivity contribution is -0.671. The van der Waals surface area contributed by atoms with E-state index < -0.39 is 29.8 Å². The summed E-state index contributed by atoms with van der Waals surface area (Å²) in [5.74, 6) is -2.49. The van der Waals surface area contributed by atoms with E-state index in [1.807, 2.05) is 42.9 Å². The third-order valence-electron chi connectivity index (χ3n) is 9.48. The standard InChI is InChI=1S/C37H40N3O7/c1-6-19-44-37(43)34-29(23(3)33-31(35(41)40(33)34)24(4)36(42)47-46-20-7-2)21-45-30-14-10-13-28-26(15-16-39-18-17-38(5)22-39)25-11-8-9-12-27(25)32(28)30/h6-14,17-18,22-24,26,31,33H,1-2,15-16,19-21H2,3-5H3/q+1/t23-,24?,26?,31?,33?/m0/s1. The minimum absolute atomic E-state index is 0.00399. The number of carbonyl (C=O) groups excluding carboxylic acids is 3. The summed E-state index contributed by atoms with van der Waals surface area (Å²) in [6.45, 7) is 11.7. The van der Waals surface area contributed by atoms with Gasteiger partial charge in [0.25, 0.3) is 0 Å². The molecule has 2 aromatic carbocycles. The Kier molecular flexibility index (Phi) is 9.13. The van der Waals surface area contributed by atoms with Crippen LogP contribution in [-0.2, 0) is 42.5 Å². The third-order valence-corrected chi connectivity index (χ3v) is 9.48. The lowest BCUT2D eigenvalue weighted by atomic mass is 9.74. The van der Waals surface area contributed by atoms with Crippen molar-refractivity contribution in [2.45, 2.75) is 38.8 Å². The average molecular weight is 639 g/mol. The highest BCUT2D eigenvalue weighted by atomic mass is 17.2. The molecule has 1 fully saturated rings. The van der Waals surface area contributed by atoms with E-state index in [4.69, 9.17) is 19.2 Å². The van der Waals surface area contributed by atoms with Crippen molar-refractivity contribution >= 4 is 17.8 Å². The number of aryl methyl sites for hydroxylation is 2. The van der Waals surface area contributed by atoms with Crippen LogP contribution in [0.2, 0.25) is 0 Å². The average Bonchev–Trinajstić information content (AvgIpc) is 3.71. The van der Waals surface area contributed by atoms with E-state index >= 15 is 0 Å². The molecule has 3 aromatic rings. The fourth-order valence-corrected chi connectivity index (χ4v) is 7.23. The van der Waals surface area contributed by atoms with Crippen LogP contribution in [-0.4, -0.2) is 53.2 Å². The zero-order valence-electron chi connectivity index (χ0n) is 27.0. The van der Waals surface area contributed by atoms with Crippen molar-refractivity contribution in [3.8, 4) is 16.9 Å². The Hall–Kier alpha value is -4.96. The predicted octanol–water partition coefficient (Wildman–Crippen LogP) is 4.65. The zero-order chi connectivity index (χ0) is 33.2. The third kappa shape index (κ3) is 5.78. The van der Waals surface area contributed by atoms with Crippen LogP contribution in [0.3, 0.4) is 0 Å². The molecule has 4 unspecified atom stereocenters. The van der Waals surface area contributed by atoms with Gasteiger partial charge in [0.1, 0.15) is 43.7 Å². The van der Waals surface area contributed by atoms with E-state index in [2.05, 4.69) is 54.5 Å². The van der Waals surface area contributed by atoms with Crippen LogP contribution < -0.4 is 9.30 Å². The first-order chi connectivity index (χ1) is 22.8. The molecule has 0 N–H and O–H groups in total. The van der Waals surface area contributed by atoms with Gasteiger partial charge in [-0.05, 0) is 29.2 Å². The van der Waals surface area contributed by atoms with Crippen molar-refractivity contribution in [3.05, 3.63) is 109 Å². The smallest absolute Gasteiger partial charge is 0.355 e. The first-order valence-corrected chi connectivity index (χ1v) is 15.9. The molecule has 47 heavy (non-hydrogen) atoms. The second-order valence-electron chi connectivity index (χ2n) is 12.3. The fraction of sp³-hybridized carbons (Fsp3) is 0.351. The highest BCUT2D eigenvalue weighted by Crippen LogP contribution is 2.52. The maximum Gasteiger partial charge on any atom is 0.355 e. The maximum absolute atomic E-state index is 13.5. The summed E-state index contributed by atoms with van der Waals surface area (Å²) in [6, 6.07) is 14.1. The highest BCUT2D eigenvalue weighted by Gasteiger charge is 2.61. The van der Waals surface area contributed by atoms with Crippen LogP contribution in [0.4, 0.5) is 0 Å². The summed E-state index contributed by atoms with van der Waals surface area (Å²) < 4.78 is 16.2. The van der Waals surface area contributed by atoms with Gasteiger partial charge in [-0.1, -0.05) is 69.0 Å². The molecule has 6 rings (SSSR count). The van der Waals surface area contributed by atoms with Crippen molar-refractivity contribution in [3.63, 3.8) is 0 Å². The summed E-state index contributed by atoms with van der Waals surface area (Å²) in [6.07, 6.45) is 10.0. The number of aromatic nitrogens is 2. The predicted molar refractivity (Wildman–Crippen MR) is 172 cm³/mol. The second-order valence-corrected chi connectivity index (χ2v) is 12.3. The Balaban J connectivity index is 1.27. The Labute approximate surface area is 274 Å². The SMILES string of the molecule is C=CCOOC(=O)C(C)C1C(=O)N2C(C(=O)OCC=C)=C(COc3cccc4c3-c3ccccc3C4CCn3cc[n+](C)c3)[C@H](C)C12. The van der Waals surface area contributed by atoms with E-state index in [9.17, 15) is 14.4 Å². The molecular weight excluding hydrogens is 598 g/mol. The van der Waals surface area contributed by atoms with E-state index in [1.165, 1.54) is 28.2 Å². The molecule has 1 aromatic heterocycles. The molecule has 1 amide bonds. The molecule has 3 heterocycles. The lowest BCUT2D eigenvalue weighted by Crippen LogP contribution is -2.63. The molecule has 2 aliphatic heterocycles. The van der Waals surface area contributed by atoms with Crippen LogP contribution in [0.1, 0.15) is 37.3 Å². The van der Waals surface area contributed by atoms with Crippen molar-refractivity contribution in [2.24, 2.45) is 24.8 Å². The quantitative estimate of drug-likeness (QED) is 0.0482. The normalized spacial score (nSPS) is 21.3. The number of hydrogen-bond donors (Lipinski definition) is 0. The van der Waals surface area contributed by atoms with Crippen molar-refractivity contribution < 1.29 is 38.2 Å². The lowest BCUT2D eigenvalue weighted by Gasteiger charge is -2.47. The van der Waals surface area contributed by atoms with Gasteiger partial charge in [0.2, 0.25) is 12.2 Å². The topological polar surface area (TPSA) is 100 Å². The molecule has 0 spiro atoms. The molecule has 244 valence electrons. The van der Waals surface area contributed by atoms with Crippen molar-refractivity contribution in [1.29, 1.82) is 0 Å². The Morgan fingerprint density at radius 3 is 2.57 bits per heavy atom. The summed E-state index contributed by atoms with van der Waals surface area (Å²) >= 11 is 0. The van der Waals surface area contributed by atoms with E-state index in [-0.39, 0.29) is 43.3 Å². The van der Waals surface area contributed by atoms with Crippen molar-refractivity contribution in [2.75, 3.05) is 19.8 Å². The van der Waals surface area contributed by atoms with Gasteiger partial charge in [-0.15, -0.1) is 6.58 Å². The molecule has 10 nitrogen and oxygen atoms in total. The summed E-state index contributed by atoms with van der Waals surface area (Å²) in [5.41, 5.74) is 5.44.